The molecule has 1 unspecified atom stereocenters. The zero-order valence-electron chi connectivity index (χ0n) is 13.4. The molecular formula is C16H20ClN3O2S2. The first-order valence-corrected chi connectivity index (χ1v) is 10.6. The van der Waals surface area contributed by atoms with Crippen LogP contribution in [0.1, 0.15) is 31.1 Å². The molecule has 1 aromatic carbocycles. The Balaban J connectivity index is 1.69. The number of hydrogen-bond acceptors (Lipinski definition) is 5. The Labute approximate surface area is 151 Å². The van der Waals surface area contributed by atoms with E-state index in [4.69, 9.17) is 11.6 Å². The predicted molar refractivity (Wildman–Crippen MR) is 98.1 cm³/mol. The summed E-state index contributed by atoms with van der Waals surface area (Å²) in [6, 6.07) is 6.99. The molecule has 1 aliphatic rings. The molecule has 0 amide bonds. The monoisotopic (exact) mass is 385 g/mol. The molecule has 1 fully saturated rings. The van der Waals surface area contributed by atoms with Crippen molar-refractivity contribution in [2.24, 2.45) is 0 Å². The number of anilines is 1. The van der Waals surface area contributed by atoms with Crippen LogP contribution in [0, 0.1) is 0 Å². The smallest absolute Gasteiger partial charge is 0.243 e. The van der Waals surface area contributed by atoms with Gasteiger partial charge in [0, 0.05) is 29.3 Å². The lowest BCUT2D eigenvalue weighted by Gasteiger charge is -2.32. The largest absolute Gasteiger partial charge is 0.380 e. The molecule has 24 heavy (non-hydrogen) atoms. The zero-order valence-corrected chi connectivity index (χ0v) is 15.8. The van der Waals surface area contributed by atoms with Gasteiger partial charge in [0.15, 0.2) is 4.47 Å². The predicted octanol–water partition coefficient (Wildman–Crippen LogP) is 3.97. The van der Waals surface area contributed by atoms with E-state index in [0.717, 1.165) is 29.8 Å². The summed E-state index contributed by atoms with van der Waals surface area (Å²) in [6.45, 7) is 3.20. The number of hydrogen-bond donors (Lipinski definition) is 1. The molecule has 0 bridgehead atoms. The Morgan fingerprint density at radius 2 is 2.08 bits per heavy atom. The molecule has 0 radical (unpaired) electrons. The molecule has 1 N–H and O–H groups in total. The summed E-state index contributed by atoms with van der Waals surface area (Å²) in [5.41, 5.74) is 0.866. The van der Waals surface area contributed by atoms with E-state index in [1.165, 1.54) is 11.3 Å². The van der Waals surface area contributed by atoms with Crippen LogP contribution in [0.15, 0.2) is 35.4 Å². The number of rotatable bonds is 5. The Hall–Kier alpha value is -1.15. The third-order valence-electron chi connectivity index (χ3n) is 4.20. The Bertz CT molecular complexity index is 790. The van der Waals surface area contributed by atoms with Crippen LogP contribution in [0.5, 0.6) is 0 Å². The van der Waals surface area contributed by atoms with Crippen LogP contribution in [0.25, 0.3) is 0 Å². The average Bonchev–Trinajstić information content (AvgIpc) is 2.99. The Morgan fingerprint density at radius 1 is 1.33 bits per heavy atom. The molecule has 2 aromatic rings. The molecule has 3 rings (SSSR count). The van der Waals surface area contributed by atoms with Crippen molar-refractivity contribution in [2.45, 2.75) is 43.7 Å². The Kier molecular flexibility index (Phi) is 5.44. The normalized spacial score (nSPS) is 19.3. The molecule has 0 saturated carbocycles. The van der Waals surface area contributed by atoms with Crippen LogP contribution in [-0.2, 0) is 16.6 Å². The van der Waals surface area contributed by atoms with Crippen LogP contribution in [0.4, 0.5) is 5.69 Å². The van der Waals surface area contributed by atoms with Gasteiger partial charge in [-0.2, -0.15) is 4.31 Å². The fourth-order valence-electron chi connectivity index (χ4n) is 2.86. The van der Waals surface area contributed by atoms with Crippen molar-refractivity contribution in [1.82, 2.24) is 9.29 Å². The van der Waals surface area contributed by atoms with Gasteiger partial charge in [0.25, 0.3) is 0 Å². The van der Waals surface area contributed by atoms with Crippen molar-refractivity contribution in [1.29, 1.82) is 0 Å². The van der Waals surface area contributed by atoms with Crippen LogP contribution in [0.3, 0.4) is 0 Å². The summed E-state index contributed by atoms with van der Waals surface area (Å²) >= 11 is 7.23. The van der Waals surface area contributed by atoms with E-state index < -0.39 is 10.0 Å². The topological polar surface area (TPSA) is 62.3 Å². The van der Waals surface area contributed by atoms with Crippen molar-refractivity contribution < 1.29 is 8.42 Å². The summed E-state index contributed by atoms with van der Waals surface area (Å²) in [7, 11) is -3.41. The van der Waals surface area contributed by atoms with Crippen LogP contribution < -0.4 is 5.32 Å². The van der Waals surface area contributed by atoms with Gasteiger partial charge < -0.3 is 5.32 Å². The van der Waals surface area contributed by atoms with Gasteiger partial charge in [-0.15, -0.1) is 11.3 Å². The van der Waals surface area contributed by atoms with Gasteiger partial charge in [-0.05, 0) is 44.0 Å². The van der Waals surface area contributed by atoms with Crippen molar-refractivity contribution in [3.8, 4) is 0 Å². The number of sulfonamides is 1. The van der Waals surface area contributed by atoms with Gasteiger partial charge in [-0.1, -0.05) is 18.0 Å². The lowest BCUT2D eigenvalue weighted by atomic mass is 10.1. The van der Waals surface area contributed by atoms with Gasteiger partial charge in [0.05, 0.1) is 11.4 Å². The average molecular weight is 386 g/mol. The first kappa shape index (κ1) is 17.7. The minimum absolute atomic E-state index is 0.0672. The standard InChI is InChI=1S/C16H20ClN3O2S2/c1-12-4-2-3-9-20(12)24(21,22)15-7-5-13(6-8-15)18-10-14-11-19-16(17)23-14/h5-8,11-12,18H,2-4,9-10H2,1H3. The number of nitrogens with zero attached hydrogens (tertiary/aromatic N) is 2. The maximum atomic E-state index is 12.8. The van der Waals surface area contributed by atoms with Gasteiger partial charge in [-0.3, -0.25) is 0 Å². The first-order valence-electron chi connectivity index (χ1n) is 7.93. The van der Waals surface area contributed by atoms with Crippen molar-refractivity contribution in [3.63, 3.8) is 0 Å². The summed E-state index contributed by atoms with van der Waals surface area (Å²) in [4.78, 5) is 5.37. The fraction of sp³-hybridized carbons (Fsp3) is 0.438. The molecule has 5 nitrogen and oxygen atoms in total. The molecule has 0 aliphatic carbocycles. The number of thiazole rings is 1. The maximum absolute atomic E-state index is 12.8. The quantitative estimate of drug-likeness (QED) is 0.845. The van der Waals surface area contributed by atoms with E-state index in [1.54, 1.807) is 34.8 Å². The lowest BCUT2D eigenvalue weighted by Crippen LogP contribution is -2.41. The highest BCUT2D eigenvalue weighted by Crippen LogP contribution is 2.26. The molecular weight excluding hydrogens is 366 g/mol. The van der Waals surface area contributed by atoms with Gasteiger partial charge in [-0.25, -0.2) is 13.4 Å². The molecule has 1 aliphatic heterocycles. The SMILES string of the molecule is CC1CCCCN1S(=O)(=O)c1ccc(NCc2cnc(Cl)s2)cc1. The summed E-state index contributed by atoms with van der Waals surface area (Å²) in [5, 5.41) is 3.24. The molecule has 8 heteroatoms. The number of benzene rings is 1. The summed E-state index contributed by atoms with van der Waals surface area (Å²) < 4.78 is 27.7. The second-order valence-corrected chi connectivity index (χ2v) is 9.51. The first-order chi connectivity index (χ1) is 11.5. The molecule has 1 atom stereocenters. The molecule has 2 heterocycles. The second kappa shape index (κ2) is 7.39. The fourth-order valence-corrected chi connectivity index (χ4v) is 5.48. The minimum Gasteiger partial charge on any atom is -0.380 e. The summed E-state index contributed by atoms with van der Waals surface area (Å²) in [5.74, 6) is 0. The van der Waals surface area contributed by atoms with Crippen LogP contribution >= 0.6 is 22.9 Å². The minimum atomic E-state index is -3.41. The third kappa shape index (κ3) is 3.91. The molecule has 0 spiro atoms. The van der Waals surface area contributed by atoms with Gasteiger partial charge in [0.2, 0.25) is 10.0 Å². The van der Waals surface area contributed by atoms with E-state index in [2.05, 4.69) is 10.3 Å². The number of nitrogens with one attached hydrogen (secondary N) is 1. The Morgan fingerprint density at radius 3 is 2.71 bits per heavy atom. The van der Waals surface area contributed by atoms with Crippen LogP contribution in [-0.4, -0.2) is 30.3 Å². The number of halogens is 1. The van der Waals surface area contributed by atoms with Crippen LogP contribution in [0.2, 0.25) is 4.47 Å². The number of piperidine rings is 1. The van der Waals surface area contributed by atoms with Gasteiger partial charge in [0.1, 0.15) is 0 Å². The highest BCUT2D eigenvalue weighted by Gasteiger charge is 2.30. The molecule has 1 aromatic heterocycles. The van der Waals surface area contributed by atoms with E-state index in [9.17, 15) is 8.42 Å². The zero-order chi connectivity index (χ0) is 17.2. The van der Waals surface area contributed by atoms with Crippen molar-refractivity contribution in [3.05, 3.63) is 39.8 Å². The highest BCUT2D eigenvalue weighted by molar-refractivity contribution is 7.89. The van der Waals surface area contributed by atoms with E-state index in [-0.39, 0.29) is 6.04 Å². The maximum Gasteiger partial charge on any atom is 0.243 e. The highest BCUT2D eigenvalue weighted by atomic mass is 35.5. The van der Waals surface area contributed by atoms with Gasteiger partial charge >= 0.3 is 0 Å². The molecule has 1 saturated heterocycles. The number of aromatic nitrogens is 1. The van der Waals surface area contributed by atoms with E-state index >= 15 is 0 Å². The van der Waals surface area contributed by atoms with Crippen molar-refractivity contribution in [2.75, 3.05) is 11.9 Å². The second-order valence-electron chi connectivity index (χ2n) is 5.92. The molecule has 130 valence electrons. The lowest BCUT2D eigenvalue weighted by molar-refractivity contribution is 0.268. The van der Waals surface area contributed by atoms with E-state index in [1.807, 2.05) is 6.92 Å². The summed E-state index contributed by atoms with van der Waals surface area (Å²) in [6.07, 6.45) is 4.69. The van der Waals surface area contributed by atoms with E-state index in [0.29, 0.717) is 22.5 Å². The van der Waals surface area contributed by atoms with Crippen molar-refractivity contribution >= 4 is 38.6 Å². The third-order valence-corrected chi connectivity index (χ3v) is 7.34.